The van der Waals surface area contributed by atoms with Crippen LogP contribution in [0.1, 0.15) is 17.3 Å². The number of nitrogens with one attached hydrogen (secondary N) is 1. The zero-order valence-electron chi connectivity index (χ0n) is 13.8. The summed E-state index contributed by atoms with van der Waals surface area (Å²) in [5.74, 6) is 0.327. The van der Waals surface area contributed by atoms with Crippen LogP contribution in [0.2, 0.25) is 0 Å². The average Bonchev–Trinajstić information content (AvgIpc) is 2.59. The minimum atomic E-state index is -3.92. The largest absolute Gasteiger partial charge is 0.496 e. The molecule has 1 amide bonds. The molecule has 0 saturated carbocycles. The Bertz CT molecular complexity index is 840. The number of ether oxygens (including phenoxy) is 2. The van der Waals surface area contributed by atoms with Gasteiger partial charge in [-0.25, -0.2) is 13.6 Å². The van der Waals surface area contributed by atoms with Gasteiger partial charge in [0.2, 0.25) is 10.0 Å². The summed E-state index contributed by atoms with van der Waals surface area (Å²) in [6.45, 7) is 1.99. The molecule has 2 rings (SSSR count). The molecule has 0 fully saturated rings. The Morgan fingerprint density at radius 1 is 1.36 bits per heavy atom. The number of hydrogen-bond donors (Lipinski definition) is 2. The van der Waals surface area contributed by atoms with Crippen LogP contribution in [-0.4, -0.2) is 39.1 Å². The van der Waals surface area contributed by atoms with E-state index in [1.807, 2.05) is 0 Å². The topological polar surface area (TPSA) is 121 Å². The Balaban J connectivity index is 2.07. The van der Waals surface area contributed by atoms with Crippen LogP contribution in [0, 0.1) is 0 Å². The first-order chi connectivity index (χ1) is 11.8. The van der Waals surface area contributed by atoms with Crippen LogP contribution in [0.15, 0.2) is 47.6 Å². The highest BCUT2D eigenvalue weighted by atomic mass is 32.2. The second-order valence-electron chi connectivity index (χ2n) is 5.23. The number of sulfonamides is 1. The number of nitrogens with two attached hydrogens (primary N) is 1. The fourth-order valence-electron chi connectivity index (χ4n) is 2.06. The summed E-state index contributed by atoms with van der Waals surface area (Å²) in [6, 6.07) is 7.33. The van der Waals surface area contributed by atoms with Crippen molar-refractivity contribution in [2.75, 3.05) is 13.7 Å². The van der Waals surface area contributed by atoms with E-state index in [1.165, 1.54) is 25.3 Å². The van der Waals surface area contributed by atoms with E-state index >= 15 is 0 Å². The van der Waals surface area contributed by atoms with Gasteiger partial charge in [0, 0.05) is 6.20 Å². The Labute approximate surface area is 146 Å². The predicted molar refractivity (Wildman–Crippen MR) is 91.0 cm³/mol. The molecule has 1 aromatic heterocycles. The molecule has 134 valence electrons. The van der Waals surface area contributed by atoms with Crippen molar-refractivity contribution in [1.82, 2.24) is 10.3 Å². The molecule has 0 aliphatic carbocycles. The molecule has 0 aliphatic heterocycles. The number of amides is 1. The number of nitrogens with zero attached hydrogens (tertiary/aromatic N) is 1. The van der Waals surface area contributed by atoms with E-state index in [4.69, 9.17) is 14.6 Å². The summed E-state index contributed by atoms with van der Waals surface area (Å²) in [4.78, 5) is 16.1. The molecule has 1 heterocycles. The van der Waals surface area contributed by atoms with Crippen LogP contribution in [-0.2, 0) is 10.0 Å². The number of carbonyl (C=O) groups excluding carboxylic acids is 1. The molecule has 0 unspecified atom stereocenters. The van der Waals surface area contributed by atoms with Crippen molar-refractivity contribution >= 4 is 15.9 Å². The normalized spacial score (nSPS) is 12.3. The maximum Gasteiger partial charge on any atom is 0.255 e. The van der Waals surface area contributed by atoms with Crippen molar-refractivity contribution < 1.29 is 22.7 Å². The summed E-state index contributed by atoms with van der Waals surface area (Å²) in [5.41, 5.74) is 0.0719. The molecule has 9 heteroatoms. The molecule has 0 aliphatic rings. The van der Waals surface area contributed by atoms with Crippen molar-refractivity contribution in [1.29, 1.82) is 0 Å². The van der Waals surface area contributed by atoms with Gasteiger partial charge in [-0.15, -0.1) is 0 Å². The molecule has 0 saturated heterocycles. The second-order valence-corrected chi connectivity index (χ2v) is 6.80. The van der Waals surface area contributed by atoms with E-state index in [1.54, 1.807) is 31.5 Å². The second kappa shape index (κ2) is 7.95. The van der Waals surface area contributed by atoms with Crippen LogP contribution in [0.4, 0.5) is 0 Å². The summed E-state index contributed by atoms with van der Waals surface area (Å²) in [5, 5.41) is 7.77. The van der Waals surface area contributed by atoms with Gasteiger partial charge in [0.25, 0.3) is 5.91 Å². The first-order valence-corrected chi connectivity index (χ1v) is 8.91. The molecule has 1 aromatic carbocycles. The maximum absolute atomic E-state index is 12.4. The fourth-order valence-corrected chi connectivity index (χ4v) is 2.60. The number of hydrogen-bond acceptors (Lipinski definition) is 6. The first kappa shape index (κ1) is 18.7. The minimum Gasteiger partial charge on any atom is -0.496 e. The van der Waals surface area contributed by atoms with Gasteiger partial charge in [-0.3, -0.25) is 9.78 Å². The highest BCUT2D eigenvalue weighted by molar-refractivity contribution is 7.89. The predicted octanol–water partition coefficient (Wildman–Crippen LogP) is 0.935. The molecule has 0 radical (unpaired) electrons. The summed E-state index contributed by atoms with van der Waals surface area (Å²) in [7, 11) is -2.54. The van der Waals surface area contributed by atoms with E-state index < -0.39 is 15.9 Å². The van der Waals surface area contributed by atoms with Gasteiger partial charge in [0.15, 0.2) is 0 Å². The van der Waals surface area contributed by atoms with Crippen LogP contribution >= 0.6 is 0 Å². The Morgan fingerprint density at radius 3 is 2.72 bits per heavy atom. The summed E-state index contributed by atoms with van der Waals surface area (Å²) < 4.78 is 33.6. The van der Waals surface area contributed by atoms with Gasteiger partial charge in [0.1, 0.15) is 17.6 Å². The van der Waals surface area contributed by atoms with Crippen molar-refractivity contribution in [2.24, 2.45) is 5.14 Å². The lowest BCUT2D eigenvalue weighted by Gasteiger charge is -2.16. The molecule has 25 heavy (non-hydrogen) atoms. The first-order valence-electron chi connectivity index (χ1n) is 7.37. The molecule has 0 spiro atoms. The van der Waals surface area contributed by atoms with Crippen LogP contribution in [0.25, 0.3) is 0 Å². The van der Waals surface area contributed by atoms with Gasteiger partial charge in [0.05, 0.1) is 30.3 Å². The number of pyridine rings is 1. The van der Waals surface area contributed by atoms with Crippen molar-refractivity contribution in [3.63, 3.8) is 0 Å². The molecule has 3 N–H and O–H groups in total. The quantitative estimate of drug-likeness (QED) is 0.753. The number of methoxy groups -OCH3 is 1. The third-order valence-corrected chi connectivity index (χ3v) is 4.18. The lowest BCUT2D eigenvalue weighted by atomic mass is 10.2. The number of benzene rings is 1. The smallest absolute Gasteiger partial charge is 0.255 e. The summed E-state index contributed by atoms with van der Waals surface area (Å²) in [6.07, 6.45) is 2.88. The van der Waals surface area contributed by atoms with Crippen LogP contribution in [0.3, 0.4) is 0 Å². The third kappa shape index (κ3) is 5.16. The Hall–Kier alpha value is -2.65. The Morgan fingerprint density at radius 2 is 2.12 bits per heavy atom. The monoisotopic (exact) mass is 365 g/mol. The molecular weight excluding hydrogens is 346 g/mol. The van der Waals surface area contributed by atoms with Crippen LogP contribution in [0.5, 0.6) is 11.5 Å². The average molecular weight is 365 g/mol. The van der Waals surface area contributed by atoms with Crippen molar-refractivity contribution in [3.8, 4) is 11.5 Å². The fraction of sp³-hybridized carbons (Fsp3) is 0.250. The molecule has 1 atom stereocenters. The number of aromatic nitrogens is 1. The molecule has 0 bridgehead atoms. The lowest BCUT2D eigenvalue weighted by molar-refractivity contribution is 0.0929. The number of carbonyl (C=O) groups is 1. The maximum atomic E-state index is 12.4. The van der Waals surface area contributed by atoms with Crippen LogP contribution < -0.4 is 19.9 Å². The van der Waals surface area contributed by atoms with E-state index in [2.05, 4.69) is 10.3 Å². The third-order valence-electron chi connectivity index (χ3n) is 3.27. The molecular formula is C16H19N3O5S. The van der Waals surface area contributed by atoms with Crippen molar-refractivity contribution in [3.05, 3.63) is 48.3 Å². The van der Waals surface area contributed by atoms with E-state index in [0.29, 0.717) is 5.75 Å². The van der Waals surface area contributed by atoms with E-state index in [-0.39, 0.29) is 28.9 Å². The van der Waals surface area contributed by atoms with Gasteiger partial charge in [-0.1, -0.05) is 0 Å². The highest BCUT2D eigenvalue weighted by Crippen LogP contribution is 2.22. The van der Waals surface area contributed by atoms with Crippen molar-refractivity contribution in [2.45, 2.75) is 17.9 Å². The minimum absolute atomic E-state index is 0.0719. The van der Waals surface area contributed by atoms with E-state index in [0.717, 1.165) is 0 Å². The lowest BCUT2D eigenvalue weighted by Crippen LogP contribution is -2.34. The van der Waals surface area contributed by atoms with Gasteiger partial charge < -0.3 is 14.8 Å². The standard InChI is InChI=1S/C16H19N3O5S/c1-11(24-12-4-3-7-18-10-12)9-19-16(20)14-8-13(25(17,21)22)5-6-15(14)23-2/h3-8,10-11H,9H2,1-2H3,(H,19,20)(H2,17,21,22)/t11-/m0/s1. The van der Waals surface area contributed by atoms with E-state index in [9.17, 15) is 13.2 Å². The zero-order valence-corrected chi connectivity index (χ0v) is 14.6. The zero-order chi connectivity index (χ0) is 18.4. The molecule has 8 nitrogen and oxygen atoms in total. The highest BCUT2D eigenvalue weighted by Gasteiger charge is 2.18. The van der Waals surface area contributed by atoms with Gasteiger partial charge in [-0.05, 0) is 37.3 Å². The van der Waals surface area contributed by atoms with Gasteiger partial charge >= 0.3 is 0 Å². The van der Waals surface area contributed by atoms with Gasteiger partial charge in [-0.2, -0.15) is 0 Å². The summed E-state index contributed by atoms with van der Waals surface area (Å²) >= 11 is 0. The molecule has 2 aromatic rings. The SMILES string of the molecule is COc1ccc(S(N)(=O)=O)cc1C(=O)NC[C@H](C)Oc1cccnc1. The Kier molecular flexibility index (Phi) is 5.94. The number of rotatable bonds is 7. The number of primary sulfonamides is 1.